The number of hydrogen-bond acceptors (Lipinski definition) is 8. The molecule has 2 heterocycles. The first-order valence-electron chi connectivity index (χ1n) is 12.7. The third-order valence-electron chi connectivity index (χ3n) is 7.12. The second-order valence-electron chi connectivity index (χ2n) is 9.87. The molecule has 8 nitrogen and oxygen atoms in total. The van der Waals surface area contributed by atoms with Crippen molar-refractivity contribution in [1.29, 1.82) is 0 Å². The lowest BCUT2D eigenvalue weighted by atomic mass is 9.93. The van der Waals surface area contributed by atoms with E-state index in [0.717, 1.165) is 32.5 Å². The van der Waals surface area contributed by atoms with Crippen LogP contribution in [-0.2, 0) is 9.59 Å². The number of carbonyl (C=O) groups excluding carboxylic acids is 2. The molecule has 1 atom stereocenters. The number of carbonyl (C=O) groups is 2. The molecule has 1 saturated heterocycles. The van der Waals surface area contributed by atoms with E-state index in [0.29, 0.717) is 33.5 Å². The Bertz CT molecular complexity index is 1700. The van der Waals surface area contributed by atoms with Crippen LogP contribution in [0.4, 0.5) is 5.13 Å². The van der Waals surface area contributed by atoms with E-state index in [2.05, 4.69) is 0 Å². The van der Waals surface area contributed by atoms with Gasteiger partial charge >= 0.3 is 5.91 Å². The highest BCUT2D eigenvalue weighted by atomic mass is 32.1. The van der Waals surface area contributed by atoms with Crippen LogP contribution in [0.5, 0.6) is 17.2 Å². The Morgan fingerprint density at radius 3 is 2.17 bits per heavy atom. The second kappa shape index (κ2) is 10.3. The van der Waals surface area contributed by atoms with Crippen LogP contribution in [0.2, 0.25) is 0 Å². The molecule has 1 N–H and O–H groups in total. The smallest absolute Gasteiger partial charge is 0.301 e. The molecule has 0 bridgehead atoms. The van der Waals surface area contributed by atoms with Crippen LogP contribution in [0, 0.1) is 27.7 Å². The molecule has 1 aliphatic rings. The topological polar surface area (TPSA) is 98.2 Å². The minimum atomic E-state index is -1.00. The van der Waals surface area contributed by atoms with Gasteiger partial charge in [-0.3, -0.25) is 14.5 Å². The fourth-order valence-electron chi connectivity index (χ4n) is 5.20. The van der Waals surface area contributed by atoms with Crippen molar-refractivity contribution in [3.63, 3.8) is 0 Å². The number of aliphatic hydroxyl groups is 1. The molecule has 1 amide bonds. The number of aliphatic hydroxyl groups excluding tert-OH is 1. The summed E-state index contributed by atoms with van der Waals surface area (Å²) in [5, 5.41) is 12.0. The fraction of sp³-hybridized carbons (Fsp3) is 0.258. The zero-order chi connectivity index (χ0) is 28.9. The fourth-order valence-corrected chi connectivity index (χ4v) is 6.37. The normalized spacial score (nSPS) is 16.6. The van der Waals surface area contributed by atoms with E-state index in [-0.39, 0.29) is 11.3 Å². The Balaban J connectivity index is 1.82. The molecule has 4 aromatic rings. The van der Waals surface area contributed by atoms with Crippen LogP contribution >= 0.6 is 11.3 Å². The molecular weight excluding hydrogens is 528 g/mol. The highest BCUT2D eigenvalue weighted by Crippen LogP contribution is 2.48. The first-order valence-corrected chi connectivity index (χ1v) is 13.5. The molecule has 0 aliphatic carbocycles. The van der Waals surface area contributed by atoms with Gasteiger partial charge in [0.25, 0.3) is 5.78 Å². The number of Topliss-reactive ketones (excluding diaryl/α,β-unsaturated/α-hetero) is 1. The minimum absolute atomic E-state index is 0.0415. The number of ether oxygens (including phenoxy) is 3. The third-order valence-corrected chi connectivity index (χ3v) is 8.12. The van der Waals surface area contributed by atoms with Crippen molar-refractivity contribution in [2.45, 2.75) is 33.7 Å². The van der Waals surface area contributed by atoms with E-state index < -0.39 is 17.7 Å². The average molecular weight is 559 g/mol. The highest BCUT2D eigenvalue weighted by molar-refractivity contribution is 7.22. The molecule has 1 aromatic heterocycles. The molecule has 40 heavy (non-hydrogen) atoms. The number of ketones is 1. The van der Waals surface area contributed by atoms with Crippen molar-refractivity contribution in [1.82, 2.24) is 4.98 Å². The van der Waals surface area contributed by atoms with E-state index in [9.17, 15) is 14.7 Å². The van der Waals surface area contributed by atoms with Gasteiger partial charge in [-0.1, -0.05) is 35.1 Å². The molecule has 1 fully saturated rings. The molecule has 0 spiro atoms. The molecule has 9 heteroatoms. The lowest BCUT2D eigenvalue weighted by Crippen LogP contribution is -2.29. The molecule has 1 aliphatic heterocycles. The van der Waals surface area contributed by atoms with Gasteiger partial charge in [0.15, 0.2) is 16.6 Å². The van der Waals surface area contributed by atoms with Gasteiger partial charge in [0.1, 0.15) is 5.76 Å². The monoisotopic (exact) mass is 558 g/mol. The predicted molar refractivity (Wildman–Crippen MR) is 156 cm³/mol. The summed E-state index contributed by atoms with van der Waals surface area (Å²) in [6.45, 7) is 7.71. The number of anilines is 1. The summed E-state index contributed by atoms with van der Waals surface area (Å²) in [6.07, 6.45) is 0. The van der Waals surface area contributed by atoms with Gasteiger partial charge in [0.05, 0.1) is 43.2 Å². The first kappa shape index (κ1) is 27.2. The van der Waals surface area contributed by atoms with Gasteiger partial charge in [0, 0.05) is 5.56 Å². The molecular formula is C31H30N2O6S. The Morgan fingerprint density at radius 1 is 0.875 bits per heavy atom. The number of amides is 1. The van der Waals surface area contributed by atoms with Crippen LogP contribution in [0.1, 0.15) is 39.4 Å². The summed E-state index contributed by atoms with van der Waals surface area (Å²) >= 11 is 1.32. The summed E-state index contributed by atoms with van der Waals surface area (Å²) in [6, 6.07) is 12.0. The number of aryl methyl sites for hydroxylation is 4. The van der Waals surface area contributed by atoms with Gasteiger partial charge in [-0.2, -0.15) is 0 Å². The summed E-state index contributed by atoms with van der Waals surface area (Å²) < 4.78 is 17.6. The SMILES string of the molecule is COc1cc(C2C(=C(O)c3cc(C)ccc3C)C(=O)C(=O)N2c2nc3c(C)cc(C)cc3s2)cc(OC)c1OC. The maximum absolute atomic E-state index is 13.8. The Kier molecular flexibility index (Phi) is 7.01. The standard InChI is InChI=1S/C31H30N2O6S/c1-15-8-9-17(3)20(11-15)27(34)24-26(19-13-21(37-5)29(39-7)22(14-19)38-6)33(30(36)28(24)35)31-32-25-18(4)10-16(2)12-23(25)40-31/h8-14,26,34H,1-7H3. The predicted octanol–water partition coefficient (Wildman–Crippen LogP) is 6.18. The van der Waals surface area contributed by atoms with E-state index in [1.165, 1.54) is 37.6 Å². The summed E-state index contributed by atoms with van der Waals surface area (Å²) in [4.78, 5) is 33.6. The summed E-state index contributed by atoms with van der Waals surface area (Å²) in [7, 11) is 4.48. The van der Waals surface area contributed by atoms with Crippen molar-refractivity contribution >= 4 is 44.1 Å². The Hall–Kier alpha value is -4.37. The van der Waals surface area contributed by atoms with Crippen LogP contribution in [0.15, 0.2) is 48.0 Å². The highest BCUT2D eigenvalue weighted by Gasteiger charge is 2.49. The van der Waals surface area contributed by atoms with Gasteiger partial charge in [-0.25, -0.2) is 4.98 Å². The van der Waals surface area contributed by atoms with Crippen molar-refractivity contribution in [2.24, 2.45) is 0 Å². The van der Waals surface area contributed by atoms with E-state index >= 15 is 0 Å². The first-order chi connectivity index (χ1) is 19.1. The Labute approximate surface area is 236 Å². The number of hydrogen-bond donors (Lipinski definition) is 1. The van der Waals surface area contributed by atoms with E-state index in [1.807, 2.05) is 52.0 Å². The Morgan fingerprint density at radius 2 is 1.55 bits per heavy atom. The zero-order valence-electron chi connectivity index (χ0n) is 23.4. The maximum Gasteiger partial charge on any atom is 0.301 e. The number of benzene rings is 3. The van der Waals surface area contributed by atoms with E-state index in [1.54, 1.807) is 18.2 Å². The van der Waals surface area contributed by atoms with Crippen LogP contribution in [-0.4, -0.2) is 43.1 Å². The van der Waals surface area contributed by atoms with Gasteiger partial charge < -0.3 is 19.3 Å². The lowest BCUT2D eigenvalue weighted by molar-refractivity contribution is -0.132. The number of thiazole rings is 1. The second-order valence-corrected chi connectivity index (χ2v) is 10.9. The van der Waals surface area contributed by atoms with Crippen molar-refractivity contribution in [3.8, 4) is 17.2 Å². The quantitative estimate of drug-likeness (QED) is 0.171. The van der Waals surface area contributed by atoms with Crippen LogP contribution < -0.4 is 19.1 Å². The molecule has 0 radical (unpaired) electrons. The van der Waals surface area contributed by atoms with Crippen LogP contribution in [0.3, 0.4) is 0 Å². The number of fused-ring (bicyclic) bond motifs is 1. The molecule has 5 rings (SSSR count). The molecule has 206 valence electrons. The maximum atomic E-state index is 13.8. The largest absolute Gasteiger partial charge is 0.507 e. The third kappa shape index (κ3) is 4.36. The summed E-state index contributed by atoms with van der Waals surface area (Å²) in [5.41, 5.74) is 5.39. The minimum Gasteiger partial charge on any atom is -0.507 e. The van der Waals surface area contributed by atoms with Gasteiger partial charge in [-0.15, -0.1) is 0 Å². The van der Waals surface area contributed by atoms with E-state index in [4.69, 9.17) is 19.2 Å². The number of methoxy groups -OCH3 is 3. The number of nitrogens with zero attached hydrogens (tertiary/aromatic N) is 2. The zero-order valence-corrected chi connectivity index (χ0v) is 24.2. The molecule has 0 saturated carbocycles. The van der Waals surface area contributed by atoms with Gasteiger partial charge in [-0.05, 0) is 74.2 Å². The van der Waals surface area contributed by atoms with Crippen molar-refractivity contribution in [3.05, 3.63) is 81.4 Å². The van der Waals surface area contributed by atoms with Crippen molar-refractivity contribution < 1.29 is 28.9 Å². The molecule has 3 aromatic carbocycles. The van der Waals surface area contributed by atoms with Gasteiger partial charge in [0.2, 0.25) is 5.75 Å². The lowest BCUT2D eigenvalue weighted by Gasteiger charge is -2.24. The van der Waals surface area contributed by atoms with Crippen molar-refractivity contribution in [2.75, 3.05) is 26.2 Å². The number of rotatable bonds is 6. The number of aromatic nitrogens is 1. The summed E-state index contributed by atoms with van der Waals surface area (Å²) in [5.74, 6) is -0.765. The average Bonchev–Trinajstić information content (AvgIpc) is 3.47. The molecule has 1 unspecified atom stereocenters. The van der Waals surface area contributed by atoms with Crippen LogP contribution in [0.25, 0.3) is 16.0 Å².